The van der Waals surface area contributed by atoms with Crippen LogP contribution in [0.1, 0.15) is 130 Å². The molecule has 0 radical (unpaired) electrons. The molecule has 10 aromatic carbocycles. The van der Waals surface area contributed by atoms with Crippen LogP contribution in [0.5, 0.6) is 0 Å². The average molecular weight is 1020 g/mol. The molecule has 78 heavy (non-hydrogen) atoms. The average Bonchev–Trinajstić information content (AvgIpc) is 3.89. The summed E-state index contributed by atoms with van der Waals surface area (Å²) in [6.45, 7) is 32.5. The van der Waals surface area contributed by atoms with Crippen LogP contribution in [0.3, 0.4) is 0 Å². The zero-order chi connectivity index (χ0) is 54.8. The molecule has 0 fully saturated rings. The first-order valence-corrected chi connectivity index (χ1v) is 28.2. The van der Waals surface area contributed by atoms with E-state index in [0.29, 0.717) is 0 Å². The minimum Gasteiger partial charge on any atom is -0.310 e. The second-order valence-corrected chi connectivity index (χ2v) is 26.7. The Kier molecular flexibility index (Phi) is 11.8. The van der Waals surface area contributed by atoms with E-state index in [2.05, 4.69) is 311 Å². The molecule has 3 nitrogen and oxygen atoms in total. The molecule has 0 bridgehead atoms. The SMILES string of the molecule is CC(C)(C)c1ccc(N(c2ccc(C(C)(C)C)cc2)c2ccc3c(c2)C(C)(C)c2cc4c(c(N(c5ccc(C(C)(C)C)cc5)c5ccc(C(C)(C)C)cc5)c2-3)c2c3ccccc3c3ccccc3c2n4-c2ccccc2)cc1. The van der Waals surface area contributed by atoms with Gasteiger partial charge in [-0.1, -0.05) is 218 Å². The lowest BCUT2D eigenvalue weighted by Crippen LogP contribution is -2.18. The molecule has 0 saturated carbocycles. The van der Waals surface area contributed by atoms with Gasteiger partial charge in [-0.2, -0.15) is 0 Å². The number of rotatable bonds is 7. The predicted octanol–water partition coefficient (Wildman–Crippen LogP) is 21.5. The third-order valence-electron chi connectivity index (χ3n) is 17.0. The summed E-state index contributed by atoms with van der Waals surface area (Å²) in [5.74, 6) is 0. The normalized spacial score (nSPS) is 13.6. The molecule has 1 heterocycles. The Morgan fingerprint density at radius 2 is 0.731 bits per heavy atom. The van der Waals surface area contributed by atoms with Crippen LogP contribution in [-0.2, 0) is 27.1 Å². The zero-order valence-electron chi connectivity index (χ0n) is 48.4. The number of hydrogen-bond acceptors (Lipinski definition) is 2. The monoisotopic (exact) mass is 1020 g/mol. The van der Waals surface area contributed by atoms with Crippen molar-refractivity contribution in [2.75, 3.05) is 9.80 Å². The summed E-state index contributed by atoms with van der Waals surface area (Å²) in [7, 11) is 0. The van der Waals surface area contributed by atoms with Gasteiger partial charge in [0.05, 0.1) is 16.7 Å². The summed E-state index contributed by atoms with van der Waals surface area (Å²) in [6, 6.07) is 76.5. The summed E-state index contributed by atoms with van der Waals surface area (Å²) < 4.78 is 2.58. The van der Waals surface area contributed by atoms with E-state index < -0.39 is 5.41 Å². The van der Waals surface area contributed by atoms with Crippen molar-refractivity contribution in [3.8, 4) is 16.8 Å². The van der Waals surface area contributed by atoms with Crippen molar-refractivity contribution in [3.63, 3.8) is 0 Å². The number of benzene rings is 10. The van der Waals surface area contributed by atoms with Gasteiger partial charge in [-0.15, -0.1) is 0 Å². The first-order valence-electron chi connectivity index (χ1n) is 28.2. The maximum absolute atomic E-state index is 2.61. The smallest absolute Gasteiger partial charge is 0.0643 e. The van der Waals surface area contributed by atoms with Crippen molar-refractivity contribution in [1.29, 1.82) is 0 Å². The van der Waals surface area contributed by atoms with Crippen molar-refractivity contribution in [3.05, 3.63) is 234 Å². The standard InChI is InChI=1S/C75H75N3/c1-71(2,3)48-28-36-53(37-29-48)76(54-38-30-49(31-39-54)72(4,5)6)57-44-45-62-63(46-57)75(13,14)64-47-65-68(67-60-26-20-18-24-58(60)59-25-19-21-27-61(59)69(67)78(65)52-22-16-15-17-23-52)70(66(62)64)77(55-40-32-50(33-41-55)73(7,8)9)56-42-34-51(35-43-56)74(10,11)12/h15-47H,1-14H3. The lowest BCUT2D eigenvalue weighted by atomic mass is 9.81. The van der Waals surface area contributed by atoms with Crippen LogP contribution < -0.4 is 9.80 Å². The molecule has 0 N–H and O–H groups in total. The number of fused-ring (bicyclic) bond motifs is 11. The first-order chi connectivity index (χ1) is 37.0. The fourth-order valence-electron chi connectivity index (χ4n) is 12.5. The van der Waals surface area contributed by atoms with Crippen molar-refractivity contribution >= 4 is 77.5 Å². The molecular formula is C75H75N3. The van der Waals surface area contributed by atoms with Crippen LogP contribution >= 0.6 is 0 Å². The largest absolute Gasteiger partial charge is 0.310 e. The van der Waals surface area contributed by atoms with E-state index >= 15 is 0 Å². The molecule has 0 unspecified atom stereocenters. The van der Waals surface area contributed by atoms with Crippen LogP contribution in [0.25, 0.3) is 60.2 Å². The number of hydrogen-bond donors (Lipinski definition) is 0. The molecule has 1 aliphatic carbocycles. The van der Waals surface area contributed by atoms with E-state index in [1.165, 1.54) is 93.5 Å². The van der Waals surface area contributed by atoms with Crippen LogP contribution in [0.2, 0.25) is 0 Å². The van der Waals surface area contributed by atoms with Gasteiger partial charge in [0, 0.05) is 61.3 Å². The molecule has 0 atom stereocenters. The second-order valence-electron chi connectivity index (χ2n) is 26.7. The molecular weight excluding hydrogens is 943 g/mol. The number of anilines is 6. The predicted molar refractivity (Wildman–Crippen MR) is 338 cm³/mol. The molecule has 1 aliphatic rings. The third-order valence-corrected chi connectivity index (χ3v) is 17.0. The molecule has 1 aromatic heterocycles. The van der Waals surface area contributed by atoms with Crippen LogP contribution in [0.15, 0.2) is 200 Å². The Hall–Kier alpha value is -7.88. The maximum atomic E-state index is 2.61. The van der Waals surface area contributed by atoms with Gasteiger partial charge in [0.25, 0.3) is 0 Å². The molecule has 0 amide bonds. The molecule has 12 rings (SSSR count). The summed E-state index contributed by atoms with van der Waals surface area (Å²) in [5.41, 5.74) is 20.4. The summed E-state index contributed by atoms with van der Waals surface area (Å²) >= 11 is 0. The Bertz CT molecular complexity index is 3970. The molecule has 0 saturated heterocycles. The highest BCUT2D eigenvalue weighted by molar-refractivity contribution is 6.35. The van der Waals surface area contributed by atoms with Crippen molar-refractivity contribution in [2.24, 2.45) is 0 Å². The summed E-state index contributed by atoms with van der Waals surface area (Å²) in [5, 5.41) is 7.49. The minimum absolute atomic E-state index is 0.0140. The zero-order valence-corrected chi connectivity index (χ0v) is 48.4. The summed E-state index contributed by atoms with van der Waals surface area (Å²) in [4.78, 5) is 5.07. The topological polar surface area (TPSA) is 11.4 Å². The van der Waals surface area contributed by atoms with E-state index in [4.69, 9.17) is 0 Å². The number of nitrogens with zero attached hydrogens (tertiary/aromatic N) is 3. The van der Waals surface area contributed by atoms with Gasteiger partial charge in [0.1, 0.15) is 0 Å². The fourth-order valence-corrected chi connectivity index (χ4v) is 12.5. The lowest BCUT2D eigenvalue weighted by Gasteiger charge is -2.31. The quantitative estimate of drug-likeness (QED) is 0.147. The molecule has 11 aromatic rings. The van der Waals surface area contributed by atoms with E-state index in [-0.39, 0.29) is 21.7 Å². The maximum Gasteiger partial charge on any atom is 0.0643 e. The van der Waals surface area contributed by atoms with Crippen LogP contribution in [-0.4, -0.2) is 4.57 Å². The third kappa shape index (κ3) is 8.40. The summed E-state index contributed by atoms with van der Waals surface area (Å²) in [6.07, 6.45) is 0. The number of aromatic nitrogens is 1. The van der Waals surface area contributed by atoms with Crippen molar-refractivity contribution in [2.45, 2.75) is 124 Å². The van der Waals surface area contributed by atoms with Gasteiger partial charge in [-0.25, -0.2) is 0 Å². The Morgan fingerprint density at radius 1 is 0.346 bits per heavy atom. The Balaban J connectivity index is 1.23. The van der Waals surface area contributed by atoms with Gasteiger partial charge >= 0.3 is 0 Å². The molecule has 0 aliphatic heterocycles. The van der Waals surface area contributed by atoms with Gasteiger partial charge in [-0.3, -0.25) is 0 Å². The van der Waals surface area contributed by atoms with Gasteiger partial charge < -0.3 is 14.4 Å². The Labute approximate surface area is 463 Å². The highest BCUT2D eigenvalue weighted by Crippen LogP contribution is 2.60. The van der Waals surface area contributed by atoms with Gasteiger partial charge in [-0.05, 0) is 156 Å². The van der Waals surface area contributed by atoms with Crippen molar-refractivity contribution in [1.82, 2.24) is 4.57 Å². The van der Waals surface area contributed by atoms with Crippen LogP contribution in [0.4, 0.5) is 34.1 Å². The fraction of sp³-hybridized carbons (Fsp3) is 0.253. The van der Waals surface area contributed by atoms with E-state index in [1.807, 2.05) is 0 Å². The highest BCUT2D eigenvalue weighted by Gasteiger charge is 2.42. The highest BCUT2D eigenvalue weighted by atomic mass is 15.2. The van der Waals surface area contributed by atoms with Crippen LogP contribution in [0, 0.1) is 0 Å². The Morgan fingerprint density at radius 3 is 1.18 bits per heavy atom. The van der Waals surface area contributed by atoms with E-state index in [1.54, 1.807) is 0 Å². The van der Waals surface area contributed by atoms with E-state index in [0.717, 1.165) is 34.1 Å². The van der Waals surface area contributed by atoms with Crippen molar-refractivity contribution < 1.29 is 0 Å². The lowest BCUT2D eigenvalue weighted by molar-refractivity contribution is 0.590. The molecule has 3 heteroatoms. The first kappa shape index (κ1) is 50.9. The van der Waals surface area contributed by atoms with Gasteiger partial charge in [0.15, 0.2) is 0 Å². The number of para-hydroxylation sites is 1. The minimum atomic E-state index is -0.415. The van der Waals surface area contributed by atoms with Gasteiger partial charge in [0.2, 0.25) is 0 Å². The molecule has 0 spiro atoms. The molecule has 390 valence electrons. The van der Waals surface area contributed by atoms with E-state index in [9.17, 15) is 0 Å². The second kappa shape index (κ2) is 18.1.